The molecular weight excluding hydrogens is 412 g/mol. The fourth-order valence-corrected chi connectivity index (χ4v) is 2.78. The zero-order valence-corrected chi connectivity index (χ0v) is 18.8. The zero-order valence-electron chi connectivity index (χ0n) is 18.8. The number of benzene rings is 2. The number of amides is 2. The predicted molar refractivity (Wildman–Crippen MR) is 119 cm³/mol. The molecule has 0 heterocycles. The number of ether oxygens (including phenoxy) is 3. The molecule has 2 amide bonds. The summed E-state index contributed by atoms with van der Waals surface area (Å²) in [6.07, 6.45) is 0.139. The van der Waals surface area contributed by atoms with Gasteiger partial charge in [0.25, 0.3) is 11.8 Å². The van der Waals surface area contributed by atoms with Gasteiger partial charge >= 0.3 is 5.97 Å². The van der Waals surface area contributed by atoms with Crippen LogP contribution in [0.2, 0.25) is 0 Å². The van der Waals surface area contributed by atoms with Crippen LogP contribution in [0.25, 0.3) is 0 Å². The Kier molecular flexibility index (Phi) is 9.53. The molecule has 0 aromatic heterocycles. The second-order valence-corrected chi connectivity index (χ2v) is 7.18. The summed E-state index contributed by atoms with van der Waals surface area (Å²) in [6, 6.07) is 13.8. The van der Waals surface area contributed by atoms with Crippen LogP contribution in [-0.2, 0) is 14.3 Å². The second-order valence-electron chi connectivity index (χ2n) is 7.18. The molecule has 0 aliphatic carbocycles. The largest absolute Gasteiger partial charge is 0.484 e. The van der Waals surface area contributed by atoms with E-state index in [0.717, 1.165) is 12.0 Å². The quantitative estimate of drug-likeness (QED) is 0.432. The molecule has 2 N–H and O–H groups in total. The summed E-state index contributed by atoms with van der Waals surface area (Å²) in [5, 5.41) is 0. The lowest BCUT2D eigenvalue weighted by Crippen LogP contribution is -2.48. The molecule has 2 atom stereocenters. The first-order chi connectivity index (χ1) is 15.3. The van der Waals surface area contributed by atoms with Crippen LogP contribution in [0.4, 0.5) is 0 Å². The highest BCUT2D eigenvalue weighted by Gasteiger charge is 2.18. The average molecular weight is 443 g/mol. The van der Waals surface area contributed by atoms with E-state index in [1.165, 1.54) is 0 Å². The third kappa shape index (κ3) is 7.30. The number of nitrogens with one attached hydrogen (secondary N) is 2. The third-order valence-electron chi connectivity index (χ3n) is 4.80. The maximum atomic E-state index is 12.3. The van der Waals surface area contributed by atoms with E-state index in [2.05, 4.69) is 24.7 Å². The summed E-state index contributed by atoms with van der Waals surface area (Å²) in [6.45, 7) is 7.49. The molecule has 0 radical (unpaired) electrons. The smallest absolute Gasteiger partial charge is 0.338 e. The predicted octanol–water partition coefficient (Wildman–Crippen LogP) is 3.37. The highest BCUT2D eigenvalue weighted by Crippen LogP contribution is 2.29. The summed E-state index contributed by atoms with van der Waals surface area (Å²) in [5.41, 5.74) is 6.05. The molecule has 0 bridgehead atoms. The second kappa shape index (κ2) is 12.3. The van der Waals surface area contributed by atoms with Gasteiger partial charge in [-0.05, 0) is 62.1 Å². The Morgan fingerprint density at radius 3 is 2.28 bits per heavy atom. The van der Waals surface area contributed by atoms with Crippen molar-refractivity contribution < 1.29 is 28.6 Å². The first kappa shape index (κ1) is 24.7. The lowest BCUT2D eigenvalue weighted by Gasteiger charge is -2.19. The van der Waals surface area contributed by atoms with Gasteiger partial charge in [-0.1, -0.05) is 32.0 Å². The Bertz CT molecular complexity index is 913. The van der Waals surface area contributed by atoms with Gasteiger partial charge in [-0.3, -0.25) is 20.4 Å². The molecule has 2 rings (SSSR count). The minimum atomic E-state index is -0.808. The molecule has 0 aliphatic heterocycles. The standard InChI is InChI=1S/C24H30N2O6/c1-5-16(3)20-9-7-8-10-21(20)32-17(4)23(28)26-25-22(27)15-31-19-13-11-18(12-14-19)24(29)30-6-2/h7-14,16-17H,5-6,15H2,1-4H3,(H,25,27)(H,26,28). The normalized spacial score (nSPS) is 12.2. The van der Waals surface area contributed by atoms with Crippen molar-refractivity contribution in [2.24, 2.45) is 0 Å². The molecule has 0 saturated carbocycles. The van der Waals surface area contributed by atoms with E-state index in [1.807, 2.05) is 24.3 Å². The van der Waals surface area contributed by atoms with Crippen molar-refractivity contribution in [2.75, 3.05) is 13.2 Å². The minimum absolute atomic E-state index is 0.289. The SMILES string of the molecule is CCOC(=O)c1ccc(OCC(=O)NNC(=O)C(C)Oc2ccccc2C(C)CC)cc1. The van der Waals surface area contributed by atoms with Crippen molar-refractivity contribution in [3.05, 3.63) is 59.7 Å². The molecular formula is C24H30N2O6. The third-order valence-corrected chi connectivity index (χ3v) is 4.80. The van der Waals surface area contributed by atoms with Gasteiger partial charge in [-0.2, -0.15) is 0 Å². The highest BCUT2D eigenvalue weighted by atomic mass is 16.5. The lowest BCUT2D eigenvalue weighted by molar-refractivity contribution is -0.133. The van der Waals surface area contributed by atoms with Crippen molar-refractivity contribution in [3.63, 3.8) is 0 Å². The molecule has 0 aliphatic rings. The zero-order chi connectivity index (χ0) is 23.5. The molecule has 2 aromatic rings. The summed E-state index contributed by atoms with van der Waals surface area (Å²) in [4.78, 5) is 35.9. The molecule has 32 heavy (non-hydrogen) atoms. The van der Waals surface area contributed by atoms with Crippen LogP contribution >= 0.6 is 0 Å². The maximum Gasteiger partial charge on any atom is 0.338 e. The van der Waals surface area contributed by atoms with Crippen LogP contribution < -0.4 is 20.3 Å². The number of esters is 1. The van der Waals surface area contributed by atoms with Gasteiger partial charge in [0, 0.05) is 0 Å². The molecule has 8 heteroatoms. The summed E-state index contributed by atoms with van der Waals surface area (Å²) in [5.74, 6) is -0.119. The van der Waals surface area contributed by atoms with Crippen molar-refractivity contribution in [2.45, 2.75) is 46.1 Å². The van der Waals surface area contributed by atoms with Gasteiger partial charge in [0.15, 0.2) is 12.7 Å². The van der Waals surface area contributed by atoms with Crippen molar-refractivity contribution in [1.29, 1.82) is 0 Å². The van der Waals surface area contributed by atoms with E-state index < -0.39 is 23.9 Å². The number of para-hydroxylation sites is 1. The fraction of sp³-hybridized carbons (Fsp3) is 0.375. The molecule has 0 saturated heterocycles. The average Bonchev–Trinajstić information content (AvgIpc) is 2.81. The number of carbonyl (C=O) groups is 3. The van der Waals surface area contributed by atoms with Crippen LogP contribution in [0.15, 0.2) is 48.5 Å². The van der Waals surface area contributed by atoms with Crippen molar-refractivity contribution in [3.8, 4) is 11.5 Å². The van der Waals surface area contributed by atoms with Crippen molar-refractivity contribution >= 4 is 17.8 Å². The number of carbonyl (C=O) groups excluding carboxylic acids is 3. The first-order valence-corrected chi connectivity index (χ1v) is 10.6. The van der Waals surface area contributed by atoms with Crippen LogP contribution in [0, 0.1) is 0 Å². The van der Waals surface area contributed by atoms with Gasteiger partial charge in [-0.25, -0.2) is 4.79 Å². The summed E-state index contributed by atoms with van der Waals surface area (Å²) in [7, 11) is 0. The fourth-order valence-electron chi connectivity index (χ4n) is 2.78. The lowest BCUT2D eigenvalue weighted by atomic mass is 9.98. The van der Waals surface area contributed by atoms with E-state index in [0.29, 0.717) is 23.0 Å². The Labute approximate surface area is 188 Å². The number of rotatable bonds is 10. The molecule has 0 fully saturated rings. The monoisotopic (exact) mass is 442 g/mol. The van der Waals surface area contributed by atoms with E-state index in [1.54, 1.807) is 38.1 Å². The summed E-state index contributed by atoms with van der Waals surface area (Å²) < 4.78 is 16.1. The minimum Gasteiger partial charge on any atom is -0.484 e. The van der Waals surface area contributed by atoms with Crippen LogP contribution in [0.1, 0.15) is 56.0 Å². The number of hydrazine groups is 1. The highest BCUT2D eigenvalue weighted by molar-refractivity contribution is 5.89. The van der Waals surface area contributed by atoms with Crippen LogP contribution in [-0.4, -0.2) is 37.1 Å². The van der Waals surface area contributed by atoms with E-state index in [-0.39, 0.29) is 13.2 Å². The first-order valence-electron chi connectivity index (χ1n) is 10.6. The van der Waals surface area contributed by atoms with Gasteiger partial charge in [0.05, 0.1) is 12.2 Å². The Morgan fingerprint density at radius 2 is 1.62 bits per heavy atom. The molecule has 2 unspecified atom stereocenters. The van der Waals surface area contributed by atoms with Gasteiger partial charge in [-0.15, -0.1) is 0 Å². The molecule has 2 aromatic carbocycles. The topological polar surface area (TPSA) is 103 Å². The maximum absolute atomic E-state index is 12.3. The Morgan fingerprint density at radius 1 is 0.938 bits per heavy atom. The van der Waals surface area contributed by atoms with Crippen LogP contribution in [0.3, 0.4) is 0 Å². The van der Waals surface area contributed by atoms with Crippen LogP contribution in [0.5, 0.6) is 11.5 Å². The van der Waals surface area contributed by atoms with E-state index in [9.17, 15) is 14.4 Å². The molecule has 0 spiro atoms. The molecule has 8 nitrogen and oxygen atoms in total. The van der Waals surface area contributed by atoms with Gasteiger partial charge in [0.2, 0.25) is 0 Å². The van der Waals surface area contributed by atoms with E-state index in [4.69, 9.17) is 14.2 Å². The Hall–Kier alpha value is -3.55. The Balaban J connectivity index is 1.79. The van der Waals surface area contributed by atoms with E-state index >= 15 is 0 Å². The number of hydrogen-bond acceptors (Lipinski definition) is 6. The number of hydrogen-bond donors (Lipinski definition) is 2. The molecule has 172 valence electrons. The van der Waals surface area contributed by atoms with Gasteiger partial charge < -0.3 is 14.2 Å². The van der Waals surface area contributed by atoms with Gasteiger partial charge in [0.1, 0.15) is 11.5 Å². The van der Waals surface area contributed by atoms with Crippen molar-refractivity contribution in [1.82, 2.24) is 10.9 Å². The summed E-state index contributed by atoms with van der Waals surface area (Å²) >= 11 is 0.